The van der Waals surface area contributed by atoms with E-state index in [1.54, 1.807) is 0 Å². The maximum atomic E-state index is 12.6. The summed E-state index contributed by atoms with van der Waals surface area (Å²) in [5.74, 6) is -0.343. The van der Waals surface area contributed by atoms with E-state index in [1.807, 2.05) is 13.0 Å². The Morgan fingerprint density at radius 3 is 2.71 bits per heavy atom. The number of carbonyl (C=O) groups is 1. The quantitative estimate of drug-likeness (QED) is 0.578. The molecule has 0 atom stereocenters. The molecule has 1 amide bonds. The number of aromatic nitrogens is 1. The molecule has 24 heavy (non-hydrogen) atoms. The molecule has 0 aromatic carbocycles. The van der Waals surface area contributed by atoms with Crippen LogP contribution in [-0.4, -0.2) is 54.7 Å². The molecule has 0 spiro atoms. The second-order valence-electron chi connectivity index (χ2n) is 5.48. The van der Waals surface area contributed by atoms with E-state index < -0.39 is 10.0 Å². The Kier molecular flexibility index (Phi) is 6.15. The zero-order valence-corrected chi connectivity index (χ0v) is 14.9. The molecule has 9 heteroatoms. The molecule has 0 N–H and O–H groups in total. The van der Waals surface area contributed by atoms with Gasteiger partial charge in [-0.25, -0.2) is 13.4 Å². The molecule has 7 nitrogen and oxygen atoms in total. The van der Waals surface area contributed by atoms with Crippen LogP contribution in [0.5, 0.6) is 0 Å². The summed E-state index contributed by atoms with van der Waals surface area (Å²) in [4.78, 5) is 17.7. The van der Waals surface area contributed by atoms with Crippen molar-refractivity contribution in [2.45, 2.75) is 24.7 Å². The molecule has 0 saturated carbocycles. The fourth-order valence-corrected chi connectivity index (χ4v) is 4.63. The summed E-state index contributed by atoms with van der Waals surface area (Å²) in [6.45, 7) is 2.83. The van der Waals surface area contributed by atoms with Crippen LogP contribution in [0.15, 0.2) is 23.2 Å². The van der Waals surface area contributed by atoms with Gasteiger partial charge in [0.05, 0.1) is 6.07 Å². The van der Waals surface area contributed by atoms with Gasteiger partial charge in [-0.3, -0.25) is 4.79 Å². The minimum Gasteiger partial charge on any atom is -0.329 e. The predicted octanol–water partition coefficient (Wildman–Crippen LogP) is 1.51. The highest BCUT2D eigenvalue weighted by Gasteiger charge is 2.34. The Hall–Kier alpha value is -1.69. The minimum atomic E-state index is -3.72. The normalized spacial score (nSPS) is 16.5. The molecular weight excluding hydrogens is 352 g/mol. The average Bonchev–Trinajstić information content (AvgIpc) is 2.59. The summed E-state index contributed by atoms with van der Waals surface area (Å²) < 4.78 is 26.6. The minimum absolute atomic E-state index is 0.0175. The van der Waals surface area contributed by atoms with Gasteiger partial charge in [-0.05, 0) is 31.9 Å². The molecule has 0 unspecified atom stereocenters. The number of pyridine rings is 1. The molecule has 130 valence electrons. The molecule has 1 saturated heterocycles. The third-order valence-corrected chi connectivity index (χ3v) is 6.44. The molecule has 2 heterocycles. The summed E-state index contributed by atoms with van der Waals surface area (Å²) in [5.41, 5.74) is 0. The molecule has 0 radical (unpaired) electrons. The third kappa shape index (κ3) is 3.86. The number of halogens is 1. The largest absolute Gasteiger partial charge is 0.329 e. The molecule has 1 aromatic heterocycles. The number of nitrogens with zero attached hydrogens (tertiary/aromatic N) is 4. The second kappa shape index (κ2) is 7.92. The van der Waals surface area contributed by atoms with Crippen LogP contribution in [0.4, 0.5) is 0 Å². The van der Waals surface area contributed by atoms with E-state index in [-0.39, 0.29) is 41.5 Å². The van der Waals surface area contributed by atoms with Gasteiger partial charge in [-0.15, -0.1) is 0 Å². The van der Waals surface area contributed by atoms with Crippen molar-refractivity contribution in [3.63, 3.8) is 0 Å². The van der Waals surface area contributed by atoms with Crippen molar-refractivity contribution in [2.75, 3.05) is 26.2 Å². The van der Waals surface area contributed by atoms with E-state index >= 15 is 0 Å². The lowest BCUT2D eigenvalue weighted by atomic mass is 9.96. The summed E-state index contributed by atoms with van der Waals surface area (Å²) in [5, 5.41) is 8.71. The number of sulfonamides is 1. The second-order valence-corrected chi connectivity index (χ2v) is 7.75. The van der Waals surface area contributed by atoms with Gasteiger partial charge in [0.15, 0.2) is 0 Å². The molecular formula is C15H19ClN4O3S. The molecule has 1 fully saturated rings. The third-order valence-electron chi connectivity index (χ3n) is 4.10. The van der Waals surface area contributed by atoms with E-state index in [0.29, 0.717) is 19.4 Å². The van der Waals surface area contributed by atoms with Gasteiger partial charge in [0.25, 0.3) is 0 Å². The van der Waals surface area contributed by atoms with Gasteiger partial charge >= 0.3 is 0 Å². The van der Waals surface area contributed by atoms with Crippen LogP contribution in [0.2, 0.25) is 5.15 Å². The first-order chi connectivity index (χ1) is 11.4. The van der Waals surface area contributed by atoms with E-state index in [1.165, 1.54) is 27.5 Å². The fraction of sp³-hybridized carbons (Fsp3) is 0.533. The highest BCUT2D eigenvalue weighted by atomic mass is 35.5. The summed E-state index contributed by atoms with van der Waals surface area (Å²) in [6.07, 6.45) is 2.29. The lowest BCUT2D eigenvalue weighted by Crippen LogP contribution is -2.44. The Morgan fingerprint density at radius 1 is 1.50 bits per heavy atom. The highest BCUT2D eigenvalue weighted by molar-refractivity contribution is 7.89. The van der Waals surface area contributed by atoms with Crippen molar-refractivity contribution in [3.05, 3.63) is 23.5 Å². The average molecular weight is 371 g/mol. The van der Waals surface area contributed by atoms with Crippen molar-refractivity contribution in [3.8, 4) is 6.07 Å². The SMILES string of the molecule is CCN(CC#N)C(=O)C1CCN(S(=O)(=O)c2cccnc2Cl)CC1. The van der Waals surface area contributed by atoms with Gasteiger partial charge in [0, 0.05) is 31.7 Å². The first-order valence-corrected chi connectivity index (χ1v) is 9.50. The lowest BCUT2D eigenvalue weighted by Gasteiger charge is -2.32. The van der Waals surface area contributed by atoms with Crippen LogP contribution in [0.25, 0.3) is 0 Å². The van der Waals surface area contributed by atoms with Crippen molar-refractivity contribution in [2.24, 2.45) is 5.92 Å². The van der Waals surface area contributed by atoms with Crippen LogP contribution in [0.3, 0.4) is 0 Å². The summed E-state index contributed by atoms with van der Waals surface area (Å²) >= 11 is 5.89. The zero-order chi connectivity index (χ0) is 17.7. The van der Waals surface area contributed by atoms with E-state index in [4.69, 9.17) is 16.9 Å². The Bertz CT molecular complexity index is 739. The summed E-state index contributed by atoms with van der Waals surface area (Å²) in [6, 6.07) is 4.92. The standard InChI is InChI=1S/C15H19ClN4O3S/c1-2-19(11-7-17)15(21)12-5-9-20(10-6-12)24(22,23)13-4-3-8-18-14(13)16/h3-4,8,12H,2,5-6,9-11H2,1H3. The number of nitriles is 1. The topological polar surface area (TPSA) is 94.4 Å². The summed E-state index contributed by atoms with van der Waals surface area (Å²) in [7, 11) is -3.72. The highest BCUT2D eigenvalue weighted by Crippen LogP contribution is 2.27. The van der Waals surface area contributed by atoms with Crippen LogP contribution in [0, 0.1) is 17.2 Å². The number of carbonyl (C=O) groups excluding carboxylic acids is 1. The van der Waals surface area contributed by atoms with Gasteiger partial charge in [-0.1, -0.05) is 11.6 Å². The first kappa shape index (κ1) is 18.6. The van der Waals surface area contributed by atoms with E-state index in [0.717, 1.165) is 0 Å². The molecule has 0 aliphatic carbocycles. The Balaban J connectivity index is 2.06. The monoisotopic (exact) mass is 370 g/mol. The van der Waals surface area contributed by atoms with E-state index in [9.17, 15) is 13.2 Å². The van der Waals surface area contributed by atoms with Crippen LogP contribution < -0.4 is 0 Å². The van der Waals surface area contributed by atoms with Crippen molar-refractivity contribution in [1.29, 1.82) is 5.26 Å². The van der Waals surface area contributed by atoms with Crippen molar-refractivity contribution >= 4 is 27.5 Å². The van der Waals surface area contributed by atoms with Crippen LogP contribution in [-0.2, 0) is 14.8 Å². The maximum Gasteiger partial charge on any atom is 0.246 e. The molecule has 0 bridgehead atoms. The lowest BCUT2D eigenvalue weighted by molar-refractivity contribution is -0.135. The number of hydrogen-bond acceptors (Lipinski definition) is 5. The number of hydrogen-bond donors (Lipinski definition) is 0. The Labute approximate surface area is 146 Å². The zero-order valence-electron chi connectivity index (χ0n) is 13.4. The van der Waals surface area contributed by atoms with Crippen LogP contribution >= 0.6 is 11.6 Å². The smallest absolute Gasteiger partial charge is 0.246 e. The maximum absolute atomic E-state index is 12.6. The molecule has 1 aromatic rings. The van der Waals surface area contributed by atoms with Crippen molar-refractivity contribution < 1.29 is 13.2 Å². The van der Waals surface area contributed by atoms with Gasteiger partial charge in [0.1, 0.15) is 16.6 Å². The Morgan fingerprint density at radius 2 is 2.17 bits per heavy atom. The number of amides is 1. The first-order valence-electron chi connectivity index (χ1n) is 7.68. The molecule has 1 aliphatic heterocycles. The van der Waals surface area contributed by atoms with Crippen molar-refractivity contribution in [1.82, 2.24) is 14.2 Å². The van der Waals surface area contributed by atoms with Gasteiger partial charge in [0.2, 0.25) is 15.9 Å². The number of piperidine rings is 1. The molecule has 2 rings (SSSR count). The van der Waals surface area contributed by atoms with Crippen LogP contribution in [0.1, 0.15) is 19.8 Å². The van der Waals surface area contributed by atoms with Gasteiger partial charge < -0.3 is 4.90 Å². The van der Waals surface area contributed by atoms with Gasteiger partial charge in [-0.2, -0.15) is 9.57 Å². The predicted molar refractivity (Wildman–Crippen MR) is 88.6 cm³/mol. The molecule has 1 aliphatic rings. The fourth-order valence-electron chi connectivity index (χ4n) is 2.74. The van der Waals surface area contributed by atoms with E-state index in [2.05, 4.69) is 4.98 Å². The number of rotatable bonds is 5.